The molecule has 2 N–H and O–H groups in total. The molecule has 1 aromatic carbocycles. The molecule has 4 heterocycles. The molecule has 3 aromatic rings. The number of carbonyl (C=O) groups excluding carboxylic acids is 1. The van der Waals surface area contributed by atoms with Crippen molar-refractivity contribution in [2.24, 2.45) is 11.7 Å². The van der Waals surface area contributed by atoms with Crippen LogP contribution in [0.3, 0.4) is 0 Å². The molecular weight excluding hydrogens is 537 g/mol. The molecule has 41 heavy (non-hydrogen) atoms. The van der Waals surface area contributed by atoms with E-state index >= 15 is 4.39 Å². The van der Waals surface area contributed by atoms with Crippen molar-refractivity contribution in [1.29, 1.82) is 0 Å². The van der Waals surface area contributed by atoms with Crippen molar-refractivity contribution in [3.8, 4) is 11.4 Å². The first-order valence-corrected chi connectivity index (χ1v) is 17.7. The molecule has 1 fully saturated rings. The van der Waals surface area contributed by atoms with Crippen molar-refractivity contribution in [2.75, 3.05) is 0 Å². The third kappa shape index (κ3) is 3.77. The Bertz CT molecular complexity index is 1680. The van der Waals surface area contributed by atoms with Crippen molar-refractivity contribution < 1.29 is 18.3 Å². The van der Waals surface area contributed by atoms with Gasteiger partial charge in [0.05, 0.1) is 29.0 Å². The smallest absolute Gasteiger partial charge is 0.342 e. The van der Waals surface area contributed by atoms with Gasteiger partial charge >= 0.3 is 5.97 Å². The topological polar surface area (TPSA) is 96.4 Å². The van der Waals surface area contributed by atoms with Crippen LogP contribution in [-0.2, 0) is 39.1 Å². The molecule has 0 unspecified atom stereocenters. The Morgan fingerprint density at radius 2 is 1.85 bits per heavy atom. The lowest BCUT2D eigenvalue weighted by atomic mass is 9.82. The Morgan fingerprint density at radius 1 is 1.12 bits per heavy atom. The monoisotopic (exact) mass is 575 g/mol. The number of aryl methyl sites for hydroxylation is 1. The molecule has 7 nitrogen and oxygen atoms in total. The van der Waals surface area contributed by atoms with Gasteiger partial charge in [0.2, 0.25) is 0 Å². The van der Waals surface area contributed by atoms with Crippen molar-refractivity contribution in [1.82, 2.24) is 9.55 Å². The maximum atomic E-state index is 15.0. The van der Waals surface area contributed by atoms with Gasteiger partial charge in [-0.25, -0.2) is 14.2 Å². The highest BCUT2D eigenvalue weighted by Crippen LogP contribution is 2.50. The standard InChI is InChI=1S/C32H38FN3O4Si/c1-5-41(6-2,7-3)40-32(14-18-8-9-18)22-12-26-29-20(15-36(26)30(37)21(22)16-39-31(32)38)27-24(34)11-10-19-17(4)23(33)13-25(35-29)28(19)27/h12-13,18,24H,5-11,14-16,34H2,1-4H3/t24-,32-/m0/s1. The lowest BCUT2D eigenvalue weighted by molar-refractivity contribution is -0.171. The lowest BCUT2D eigenvalue weighted by Crippen LogP contribution is -2.54. The number of cyclic esters (lactones) is 1. The van der Waals surface area contributed by atoms with Crippen molar-refractivity contribution in [3.05, 3.63) is 61.7 Å². The van der Waals surface area contributed by atoms with E-state index in [9.17, 15) is 9.59 Å². The third-order valence-corrected chi connectivity index (χ3v) is 15.1. The van der Waals surface area contributed by atoms with Gasteiger partial charge in [-0.3, -0.25) is 4.79 Å². The highest BCUT2D eigenvalue weighted by molar-refractivity contribution is 6.73. The lowest BCUT2D eigenvalue weighted by Gasteiger charge is -2.44. The first kappa shape index (κ1) is 27.0. The predicted octanol–water partition coefficient (Wildman–Crippen LogP) is 5.89. The van der Waals surface area contributed by atoms with Crippen LogP contribution in [0.5, 0.6) is 0 Å². The van der Waals surface area contributed by atoms with Gasteiger partial charge in [-0.2, -0.15) is 0 Å². The molecule has 0 radical (unpaired) electrons. The number of hydrogen-bond donors (Lipinski definition) is 1. The van der Waals surface area contributed by atoms with Crippen molar-refractivity contribution >= 4 is 25.2 Å². The summed E-state index contributed by atoms with van der Waals surface area (Å²) in [5.41, 5.74) is 11.8. The Kier molecular flexibility index (Phi) is 6.13. The van der Waals surface area contributed by atoms with Crippen molar-refractivity contribution in [2.45, 2.75) is 103 Å². The van der Waals surface area contributed by atoms with Crippen LogP contribution in [0.4, 0.5) is 4.39 Å². The summed E-state index contributed by atoms with van der Waals surface area (Å²) in [7, 11) is -2.30. The molecule has 2 aliphatic heterocycles. The SMILES string of the molecule is CC[Si](CC)(CC)O[C@]1(CC2CC2)C(=O)OCc2c1cc1n(c2=O)Cc2c-1nc1cc(F)c(C)c3c1c2[C@@H](N)CC3. The number of fused-ring (bicyclic) bond motifs is 5. The number of benzene rings is 1. The number of esters is 1. The van der Waals surface area contributed by atoms with E-state index < -0.39 is 13.9 Å². The van der Waals surface area contributed by atoms with E-state index in [4.69, 9.17) is 19.9 Å². The summed E-state index contributed by atoms with van der Waals surface area (Å²) in [6.07, 6.45) is 4.03. The summed E-state index contributed by atoms with van der Waals surface area (Å²) in [5.74, 6) is -0.289. The quantitative estimate of drug-likeness (QED) is 0.218. The number of pyridine rings is 2. The molecule has 0 bridgehead atoms. The molecule has 2 atom stereocenters. The zero-order chi connectivity index (χ0) is 28.8. The fourth-order valence-corrected chi connectivity index (χ4v) is 10.6. The van der Waals surface area contributed by atoms with Gasteiger partial charge in [-0.05, 0) is 73.0 Å². The zero-order valence-corrected chi connectivity index (χ0v) is 25.4. The number of halogens is 1. The molecule has 216 valence electrons. The molecule has 0 spiro atoms. The number of rotatable bonds is 7. The van der Waals surface area contributed by atoms with E-state index in [-0.39, 0.29) is 30.0 Å². The summed E-state index contributed by atoms with van der Waals surface area (Å²) in [6.45, 7) is 8.53. The first-order chi connectivity index (χ1) is 19.7. The molecule has 4 aliphatic rings. The van der Waals surface area contributed by atoms with Crippen molar-refractivity contribution in [3.63, 3.8) is 0 Å². The molecule has 7 rings (SSSR count). The van der Waals surface area contributed by atoms with Crippen LogP contribution in [-0.4, -0.2) is 23.8 Å². The molecule has 0 saturated heterocycles. The molecular formula is C32H38FN3O4Si. The van der Waals surface area contributed by atoms with Gasteiger partial charge in [0.25, 0.3) is 5.56 Å². The summed E-state index contributed by atoms with van der Waals surface area (Å²) in [4.78, 5) is 33.1. The van der Waals surface area contributed by atoms with Crippen LogP contribution >= 0.6 is 0 Å². The number of aromatic nitrogens is 2. The van der Waals surface area contributed by atoms with E-state index in [0.29, 0.717) is 65.3 Å². The average Bonchev–Trinajstić information content (AvgIpc) is 3.71. The van der Waals surface area contributed by atoms with E-state index in [0.717, 1.165) is 53.1 Å². The van der Waals surface area contributed by atoms with E-state index in [1.54, 1.807) is 4.57 Å². The Hall–Kier alpha value is -2.88. The van der Waals surface area contributed by atoms with Gasteiger partial charge in [-0.15, -0.1) is 0 Å². The first-order valence-electron chi connectivity index (χ1n) is 15.2. The minimum absolute atomic E-state index is 0.0609. The molecule has 0 amide bonds. The van der Waals surface area contributed by atoms with Crippen LogP contribution in [0.2, 0.25) is 18.1 Å². The van der Waals surface area contributed by atoms with E-state index in [1.807, 2.05) is 13.0 Å². The summed E-state index contributed by atoms with van der Waals surface area (Å²) in [5, 5.41) is 0.932. The summed E-state index contributed by atoms with van der Waals surface area (Å²) < 4.78 is 29.7. The second-order valence-electron chi connectivity index (χ2n) is 12.6. The summed E-state index contributed by atoms with van der Waals surface area (Å²) in [6, 6.07) is 5.88. The molecule has 2 aromatic heterocycles. The fraction of sp³-hybridized carbons (Fsp3) is 0.531. The highest BCUT2D eigenvalue weighted by atomic mass is 28.4. The highest BCUT2D eigenvalue weighted by Gasteiger charge is 2.55. The zero-order valence-electron chi connectivity index (χ0n) is 24.4. The summed E-state index contributed by atoms with van der Waals surface area (Å²) >= 11 is 0. The van der Waals surface area contributed by atoms with Gasteiger partial charge in [-0.1, -0.05) is 33.6 Å². The number of nitrogens with two attached hydrogens (primary N) is 1. The molecule has 2 aliphatic carbocycles. The Morgan fingerprint density at radius 3 is 2.54 bits per heavy atom. The molecule has 1 saturated carbocycles. The van der Waals surface area contributed by atoms with Crippen LogP contribution < -0.4 is 11.3 Å². The maximum absolute atomic E-state index is 15.0. The van der Waals surface area contributed by atoms with Crippen LogP contribution in [0.25, 0.3) is 22.3 Å². The van der Waals surface area contributed by atoms with Gasteiger partial charge < -0.3 is 19.5 Å². The predicted molar refractivity (Wildman–Crippen MR) is 158 cm³/mol. The largest absolute Gasteiger partial charge is 0.458 e. The van der Waals surface area contributed by atoms with Gasteiger partial charge in [0.15, 0.2) is 13.9 Å². The second kappa shape index (κ2) is 9.31. The number of ether oxygens (including phenoxy) is 1. The number of carbonyl (C=O) groups is 1. The van der Waals surface area contributed by atoms with E-state index in [2.05, 4.69) is 20.8 Å². The fourth-order valence-electron chi connectivity index (χ4n) is 7.64. The van der Waals surface area contributed by atoms with Gasteiger partial charge in [0, 0.05) is 28.6 Å². The van der Waals surface area contributed by atoms with E-state index in [1.165, 1.54) is 6.07 Å². The minimum atomic E-state index is -2.30. The van der Waals surface area contributed by atoms with Crippen LogP contribution in [0.1, 0.15) is 85.9 Å². The maximum Gasteiger partial charge on any atom is 0.342 e. The van der Waals surface area contributed by atoms with Crippen LogP contribution in [0.15, 0.2) is 16.9 Å². The second-order valence-corrected chi connectivity index (χ2v) is 17.3. The average molecular weight is 576 g/mol. The normalized spacial score (nSPS) is 22.9. The number of hydrogen-bond acceptors (Lipinski definition) is 6. The molecule has 9 heteroatoms. The third-order valence-electron chi connectivity index (χ3n) is 10.5. The number of nitrogens with zero attached hydrogens (tertiary/aromatic N) is 2. The Labute approximate surface area is 240 Å². The Balaban J connectivity index is 1.49. The van der Waals surface area contributed by atoms with Gasteiger partial charge in [0.1, 0.15) is 12.4 Å². The van der Waals surface area contributed by atoms with Crippen LogP contribution in [0, 0.1) is 18.7 Å². The minimum Gasteiger partial charge on any atom is -0.458 e.